The highest BCUT2D eigenvalue weighted by Crippen LogP contribution is 2.39. The Morgan fingerprint density at radius 1 is 1.24 bits per heavy atom. The van der Waals surface area contributed by atoms with E-state index in [9.17, 15) is 9.59 Å². The number of allylic oxidation sites excluding steroid dienone is 1. The van der Waals surface area contributed by atoms with Crippen LogP contribution in [0.3, 0.4) is 0 Å². The van der Waals surface area contributed by atoms with Crippen LogP contribution in [0.15, 0.2) is 42.1 Å². The van der Waals surface area contributed by atoms with Crippen LogP contribution in [0.5, 0.6) is 5.75 Å². The molecule has 1 amide bonds. The van der Waals surface area contributed by atoms with Gasteiger partial charge in [0.15, 0.2) is 11.0 Å². The van der Waals surface area contributed by atoms with E-state index in [1.54, 1.807) is 6.08 Å². The molecule has 0 bridgehead atoms. The summed E-state index contributed by atoms with van der Waals surface area (Å²) in [6.07, 6.45) is 5.40. The molecule has 196 valence electrons. The van der Waals surface area contributed by atoms with Gasteiger partial charge in [0.25, 0.3) is 0 Å². The molecule has 2 aromatic heterocycles. The normalized spacial score (nSPS) is 12.8. The summed E-state index contributed by atoms with van der Waals surface area (Å²) in [5, 5.41) is 12.7. The Bertz CT molecular complexity index is 1280. The molecular weight excluding hydrogens is 508 g/mol. The van der Waals surface area contributed by atoms with Crippen molar-refractivity contribution in [2.75, 3.05) is 11.1 Å². The first-order chi connectivity index (χ1) is 17.9. The number of para-hydroxylation sites is 1. The monoisotopic (exact) mass is 540 g/mol. The number of carbonyl (C=O) groups excluding carboxylic acids is 2. The molecule has 0 spiro atoms. The van der Waals surface area contributed by atoms with E-state index in [4.69, 9.17) is 9.47 Å². The number of aromatic nitrogens is 3. The molecule has 0 aliphatic heterocycles. The van der Waals surface area contributed by atoms with E-state index >= 15 is 0 Å². The minimum absolute atomic E-state index is 0.120. The second kappa shape index (κ2) is 12.4. The number of thioether (sulfide) groups is 1. The first-order valence-corrected chi connectivity index (χ1v) is 14.2. The lowest BCUT2D eigenvalue weighted by Gasteiger charge is -2.14. The SMILES string of the molecule is C=CCn1c(COc2ccccc2C)nnc1SCC(=O)Nc1sc2c(c1C(=O)OC(C)C)CCCC2. The molecule has 1 aliphatic carbocycles. The van der Waals surface area contributed by atoms with E-state index in [0.29, 0.717) is 28.1 Å². The second-order valence-electron chi connectivity index (χ2n) is 9.06. The number of hydrogen-bond donors (Lipinski definition) is 1. The largest absolute Gasteiger partial charge is 0.485 e. The van der Waals surface area contributed by atoms with Crippen LogP contribution in [-0.2, 0) is 35.5 Å². The van der Waals surface area contributed by atoms with Gasteiger partial charge in [0.05, 0.1) is 17.4 Å². The van der Waals surface area contributed by atoms with Crippen molar-refractivity contribution in [3.05, 3.63) is 64.3 Å². The molecule has 8 nitrogen and oxygen atoms in total. The number of esters is 1. The Hall–Kier alpha value is -3.11. The Labute approximate surface area is 225 Å². The Balaban J connectivity index is 1.44. The summed E-state index contributed by atoms with van der Waals surface area (Å²) in [4.78, 5) is 27.0. The Kier molecular flexibility index (Phi) is 9.04. The zero-order valence-corrected chi connectivity index (χ0v) is 23.0. The highest BCUT2D eigenvalue weighted by Gasteiger charge is 2.28. The quantitative estimate of drug-likeness (QED) is 0.192. The lowest BCUT2D eigenvalue weighted by molar-refractivity contribution is -0.113. The predicted octanol–water partition coefficient (Wildman–Crippen LogP) is 5.59. The number of benzene rings is 1. The van der Waals surface area contributed by atoms with Crippen LogP contribution < -0.4 is 10.1 Å². The van der Waals surface area contributed by atoms with Gasteiger partial charge in [-0.15, -0.1) is 28.1 Å². The molecule has 2 heterocycles. The number of carbonyl (C=O) groups is 2. The molecular formula is C27H32N4O4S2. The third kappa shape index (κ3) is 6.61. The van der Waals surface area contributed by atoms with Crippen LogP contribution in [-0.4, -0.2) is 38.5 Å². The van der Waals surface area contributed by atoms with E-state index in [1.807, 2.05) is 49.6 Å². The standard InChI is InChI=1S/C27H32N4O4S2/c1-5-14-31-22(15-34-20-12-8-6-10-18(20)4)29-30-27(31)36-16-23(32)28-25-24(26(33)35-17(2)3)19-11-7-9-13-21(19)37-25/h5-6,8,10,12,17H,1,7,9,11,13-16H2,2-4H3,(H,28,32). The van der Waals surface area contributed by atoms with Gasteiger partial charge in [0, 0.05) is 11.4 Å². The highest BCUT2D eigenvalue weighted by atomic mass is 32.2. The maximum absolute atomic E-state index is 12.9. The number of ether oxygens (including phenoxy) is 2. The molecule has 37 heavy (non-hydrogen) atoms. The number of fused-ring (bicyclic) bond motifs is 1. The summed E-state index contributed by atoms with van der Waals surface area (Å²) in [6, 6.07) is 7.79. The maximum atomic E-state index is 12.9. The first kappa shape index (κ1) is 26.9. The molecule has 3 aromatic rings. The summed E-state index contributed by atoms with van der Waals surface area (Å²) in [7, 11) is 0. The summed E-state index contributed by atoms with van der Waals surface area (Å²) >= 11 is 2.77. The molecule has 0 unspecified atom stereocenters. The number of hydrogen-bond acceptors (Lipinski definition) is 8. The van der Waals surface area contributed by atoms with Crippen LogP contribution in [0.1, 0.15) is 58.9 Å². The van der Waals surface area contributed by atoms with Crippen molar-refractivity contribution in [2.45, 2.75) is 70.9 Å². The fourth-order valence-electron chi connectivity index (χ4n) is 4.14. The summed E-state index contributed by atoms with van der Waals surface area (Å²) < 4.78 is 13.3. The van der Waals surface area contributed by atoms with E-state index in [1.165, 1.54) is 23.1 Å². The average Bonchev–Trinajstić information content (AvgIpc) is 3.42. The fraction of sp³-hybridized carbons (Fsp3) is 0.407. The topological polar surface area (TPSA) is 95.3 Å². The van der Waals surface area contributed by atoms with Crippen LogP contribution in [0, 0.1) is 6.92 Å². The Morgan fingerprint density at radius 3 is 2.78 bits per heavy atom. The first-order valence-electron chi connectivity index (χ1n) is 12.4. The molecule has 10 heteroatoms. The van der Waals surface area contributed by atoms with Crippen molar-refractivity contribution < 1.29 is 19.1 Å². The van der Waals surface area contributed by atoms with Gasteiger partial charge in [-0.1, -0.05) is 36.0 Å². The third-order valence-electron chi connectivity index (χ3n) is 5.86. The van der Waals surface area contributed by atoms with Crippen molar-refractivity contribution in [3.8, 4) is 5.75 Å². The van der Waals surface area contributed by atoms with Gasteiger partial charge < -0.3 is 14.8 Å². The second-order valence-corrected chi connectivity index (χ2v) is 11.1. The van der Waals surface area contributed by atoms with Crippen molar-refractivity contribution in [1.82, 2.24) is 14.8 Å². The van der Waals surface area contributed by atoms with Gasteiger partial charge in [-0.25, -0.2) is 4.79 Å². The van der Waals surface area contributed by atoms with Crippen molar-refractivity contribution in [1.29, 1.82) is 0 Å². The van der Waals surface area contributed by atoms with Gasteiger partial charge in [0.2, 0.25) is 5.91 Å². The highest BCUT2D eigenvalue weighted by molar-refractivity contribution is 7.99. The van der Waals surface area contributed by atoms with E-state index in [2.05, 4.69) is 22.1 Å². The number of amides is 1. The number of aryl methyl sites for hydroxylation is 2. The van der Waals surface area contributed by atoms with Crippen LogP contribution >= 0.6 is 23.1 Å². The number of nitrogens with one attached hydrogen (secondary N) is 1. The van der Waals surface area contributed by atoms with E-state index in [0.717, 1.165) is 47.4 Å². The summed E-state index contributed by atoms with van der Waals surface area (Å²) in [6.45, 7) is 10.2. The minimum Gasteiger partial charge on any atom is -0.485 e. The Morgan fingerprint density at radius 2 is 2.03 bits per heavy atom. The zero-order valence-electron chi connectivity index (χ0n) is 21.4. The van der Waals surface area contributed by atoms with Crippen molar-refractivity contribution >= 4 is 40.0 Å². The summed E-state index contributed by atoms with van der Waals surface area (Å²) in [5.41, 5.74) is 2.57. The molecule has 4 rings (SSSR count). The molecule has 0 radical (unpaired) electrons. The minimum atomic E-state index is -0.374. The van der Waals surface area contributed by atoms with Crippen LogP contribution in [0.2, 0.25) is 0 Å². The zero-order chi connectivity index (χ0) is 26.4. The molecule has 1 N–H and O–H groups in total. The lowest BCUT2D eigenvalue weighted by atomic mass is 9.95. The van der Waals surface area contributed by atoms with Crippen LogP contribution in [0.4, 0.5) is 5.00 Å². The predicted molar refractivity (Wildman–Crippen MR) is 147 cm³/mol. The number of thiophene rings is 1. The molecule has 0 atom stereocenters. The molecule has 0 saturated carbocycles. The number of anilines is 1. The number of nitrogens with zero attached hydrogens (tertiary/aromatic N) is 3. The maximum Gasteiger partial charge on any atom is 0.341 e. The third-order valence-corrected chi connectivity index (χ3v) is 8.03. The lowest BCUT2D eigenvalue weighted by Crippen LogP contribution is -2.19. The van der Waals surface area contributed by atoms with Gasteiger partial charge in [-0.05, 0) is 63.6 Å². The van der Waals surface area contributed by atoms with Gasteiger partial charge >= 0.3 is 5.97 Å². The smallest absolute Gasteiger partial charge is 0.341 e. The van der Waals surface area contributed by atoms with Gasteiger partial charge in [-0.2, -0.15) is 0 Å². The van der Waals surface area contributed by atoms with Crippen molar-refractivity contribution in [2.24, 2.45) is 0 Å². The van der Waals surface area contributed by atoms with E-state index < -0.39 is 0 Å². The average molecular weight is 541 g/mol. The summed E-state index contributed by atoms with van der Waals surface area (Å²) in [5.74, 6) is 0.967. The molecule has 1 aliphatic rings. The molecule has 1 aromatic carbocycles. The molecule has 0 fully saturated rings. The fourth-order valence-corrected chi connectivity index (χ4v) is 6.20. The van der Waals surface area contributed by atoms with E-state index in [-0.39, 0.29) is 30.3 Å². The van der Waals surface area contributed by atoms with Crippen molar-refractivity contribution in [3.63, 3.8) is 0 Å². The number of rotatable bonds is 11. The molecule has 0 saturated heterocycles. The van der Waals surface area contributed by atoms with Gasteiger partial charge in [-0.3, -0.25) is 9.36 Å². The van der Waals surface area contributed by atoms with Crippen LogP contribution in [0.25, 0.3) is 0 Å². The van der Waals surface area contributed by atoms with Gasteiger partial charge in [0.1, 0.15) is 17.4 Å².